The van der Waals surface area contributed by atoms with E-state index in [1.807, 2.05) is 0 Å². The Balaban J connectivity index is 1.93. The third-order valence-corrected chi connectivity index (χ3v) is 4.39. The van der Waals surface area contributed by atoms with Crippen LogP contribution in [0.2, 0.25) is 0 Å². The number of nitrogens with one attached hydrogen (secondary N) is 1. The number of rotatable bonds is 4. The van der Waals surface area contributed by atoms with Gasteiger partial charge in [-0.25, -0.2) is 0 Å². The van der Waals surface area contributed by atoms with Gasteiger partial charge in [0.1, 0.15) is 0 Å². The first kappa shape index (κ1) is 13.6. The van der Waals surface area contributed by atoms with Gasteiger partial charge in [-0.05, 0) is 37.8 Å². The van der Waals surface area contributed by atoms with E-state index >= 15 is 0 Å². The maximum absolute atomic E-state index is 3.57. The summed E-state index contributed by atoms with van der Waals surface area (Å²) >= 11 is 0. The Morgan fingerprint density at radius 1 is 1.00 bits per heavy atom. The Bertz CT molecular complexity index is 312. The van der Waals surface area contributed by atoms with Crippen LogP contribution < -0.4 is 5.32 Å². The van der Waals surface area contributed by atoms with Gasteiger partial charge < -0.3 is 5.32 Å². The predicted molar refractivity (Wildman–Crippen MR) is 78.8 cm³/mol. The standard InChI is InChI=1S/C17H27N/c1-18-17(14-15-10-6-5-7-11-15)16-12-8-3-2-4-9-13-16/h5-7,10-11,16-18H,2-4,8-9,12-14H2,1H3. The molecule has 0 bridgehead atoms. The van der Waals surface area contributed by atoms with Crippen molar-refractivity contribution in [2.75, 3.05) is 7.05 Å². The van der Waals surface area contributed by atoms with Gasteiger partial charge in [-0.3, -0.25) is 0 Å². The Kier molecular flexibility index (Phi) is 5.73. The van der Waals surface area contributed by atoms with Crippen LogP contribution in [0.5, 0.6) is 0 Å². The van der Waals surface area contributed by atoms with Crippen LogP contribution in [0, 0.1) is 5.92 Å². The fourth-order valence-electron chi connectivity index (χ4n) is 3.26. The van der Waals surface area contributed by atoms with Crippen molar-refractivity contribution in [3.05, 3.63) is 35.9 Å². The van der Waals surface area contributed by atoms with Crippen molar-refractivity contribution in [2.24, 2.45) is 5.92 Å². The molecule has 1 aliphatic carbocycles. The minimum atomic E-state index is 0.658. The fraction of sp³-hybridized carbons (Fsp3) is 0.647. The van der Waals surface area contributed by atoms with Gasteiger partial charge in [0, 0.05) is 6.04 Å². The molecule has 1 saturated carbocycles. The van der Waals surface area contributed by atoms with E-state index in [2.05, 4.69) is 42.7 Å². The molecule has 1 nitrogen and oxygen atoms in total. The summed E-state index contributed by atoms with van der Waals surface area (Å²) in [6.07, 6.45) is 11.2. The van der Waals surface area contributed by atoms with E-state index in [0.29, 0.717) is 6.04 Å². The molecule has 0 amide bonds. The maximum atomic E-state index is 3.57. The molecule has 0 radical (unpaired) electrons. The molecule has 0 aliphatic heterocycles. The van der Waals surface area contributed by atoms with Gasteiger partial charge in [0.25, 0.3) is 0 Å². The molecule has 1 unspecified atom stereocenters. The molecule has 0 saturated heterocycles. The van der Waals surface area contributed by atoms with Gasteiger partial charge in [-0.15, -0.1) is 0 Å². The molecular formula is C17H27N. The lowest BCUT2D eigenvalue weighted by Crippen LogP contribution is -2.36. The lowest BCUT2D eigenvalue weighted by atomic mass is 9.83. The summed E-state index contributed by atoms with van der Waals surface area (Å²) in [6.45, 7) is 0. The Morgan fingerprint density at radius 2 is 1.61 bits per heavy atom. The zero-order valence-electron chi connectivity index (χ0n) is 11.7. The van der Waals surface area contributed by atoms with Gasteiger partial charge in [-0.2, -0.15) is 0 Å². The summed E-state index contributed by atoms with van der Waals surface area (Å²) < 4.78 is 0. The van der Waals surface area contributed by atoms with Crippen LogP contribution in [0.3, 0.4) is 0 Å². The van der Waals surface area contributed by atoms with Crippen molar-refractivity contribution in [3.8, 4) is 0 Å². The minimum Gasteiger partial charge on any atom is -0.316 e. The highest BCUT2D eigenvalue weighted by atomic mass is 14.9. The lowest BCUT2D eigenvalue weighted by molar-refractivity contribution is 0.294. The van der Waals surface area contributed by atoms with E-state index in [-0.39, 0.29) is 0 Å². The number of hydrogen-bond donors (Lipinski definition) is 1. The van der Waals surface area contributed by atoms with Crippen molar-refractivity contribution in [2.45, 2.75) is 57.4 Å². The second kappa shape index (κ2) is 7.58. The average molecular weight is 245 g/mol. The zero-order chi connectivity index (χ0) is 12.6. The number of likely N-dealkylation sites (N-methyl/N-ethyl adjacent to an activating group) is 1. The van der Waals surface area contributed by atoms with Crippen LogP contribution in [0.1, 0.15) is 50.5 Å². The van der Waals surface area contributed by atoms with Crippen molar-refractivity contribution < 1.29 is 0 Å². The van der Waals surface area contributed by atoms with Gasteiger partial charge in [-0.1, -0.05) is 62.4 Å². The Hall–Kier alpha value is -0.820. The summed E-state index contributed by atoms with van der Waals surface area (Å²) in [7, 11) is 2.13. The normalized spacial score (nSPS) is 20.1. The second-order valence-corrected chi connectivity index (χ2v) is 5.69. The summed E-state index contributed by atoms with van der Waals surface area (Å²) in [5.74, 6) is 0.871. The van der Waals surface area contributed by atoms with Gasteiger partial charge >= 0.3 is 0 Å². The molecule has 2 rings (SSSR count). The van der Waals surface area contributed by atoms with E-state index in [0.717, 1.165) is 5.92 Å². The highest BCUT2D eigenvalue weighted by Crippen LogP contribution is 2.26. The molecule has 1 heteroatoms. The molecule has 0 heterocycles. The Labute approximate surface area is 112 Å². The van der Waals surface area contributed by atoms with Gasteiger partial charge in [0.15, 0.2) is 0 Å². The first-order valence-electron chi connectivity index (χ1n) is 7.61. The average Bonchev–Trinajstić information content (AvgIpc) is 2.37. The van der Waals surface area contributed by atoms with E-state index in [1.54, 1.807) is 0 Å². The van der Waals surface area contributed by atoms with Crippen LogP contribution in [0.4, 0.5) is 0 Å². The van der Waals surface area contributed by atoms with Crippen molar-refractivity contribution >= 4 is 0 Å². The summed E-state index contributed by atoms with van der Waals surface area (Å²) in [5.41, 5.74) is 1.47. The molecule has 1 aliphatic rings. The molecule has 1 aromatic carbocycles. The molecule has 100 valence electrons. The quantitative estimate of drug-likeness (QED) is 0.839. The van der Waals surface area contributed by atoms with E-state index < -0.39 is 0 Å². The molecule has 1 atom stereocenters. The molecule has 1 fully saturated rings. The van der Waals surface area contributed by atoms with Crippen molar-refractivity contribution in [3.63, 3.8) is 0 Å². The zero-order valence-corrected chi connectivity index (χ0v) is 11.7. The van der Waals surface area contributed by atoms with E-state index in [1.165, 1.54) is 56.9 Å². The van der Waals surface area contributed by atoms with Gasteiger partial charge in [0.2, 0.25) is 0 Å². The van der Waals surface area contributed by atoms with Crippen molar-refractivity contribution in [1.82, 2.24) is 5.32 Å². The van der Waals surface area contributed by atoms with Crippen LogP contribution in [0.25, 0.3) is 0 Å². The first-order valence-corrected chi connectivity index (χ1v) is 7.61. The maximum Gasteiger partial charge on any atom is 0.0133 e. The molecule has 1 aromatic rings. The molecular weight excluding hydrogens is 218 g/mol. The Morgan fingerprint density at radius 3 is 2.22 bits per heavy atom. The second-order valence-electron chi connectivity index (χ2n) is 5.69. The molecule has 0 aromatic heterocycles. The topological polar surface area (TPSA) is 12.0 Å². The van der Waals surface area contributed by atoms with Gasteiger partial charge in [0.05, 0.1) is 0 Å². The number of benzene rings is 1. The van der Waals surface area contributed by atoms with Crippen LogP contribution in [-0.4, -0.2) is 13.1 Å². The highest BCUT2D eigenvalue weighted by molar-refractivity contribution is 5.16. The smallest absolute Gasteiger partial charge is 0.0133 e. The highest BCUT2D eigenvalue weighted by Gasteiger charge is 2.20. The predicted octanol–water partition coefficient (Wildman–Crippen LogP) is 4.18. The van der Waals surface area contributed by atoms with Crippen molar-refractivity contribution in [1.29, 1.82) is 0 Å². The third-order valence-electron chi connectivity index (χ3n) is 4.39. The summed E-state index contributed by atoms with van der Waals surface area (Å²) in [4.78, 5) is 0. The molecule has 0 spiro atoms. The number of hydrogen-bond acceptors (Lipinski definition) is 1. The molecule has 18 heavy (non-hydrogen) atoms. The minimum absolute atomic E-state index is 0.658. The van der Waals surface area contributed by atoms with E-state index in [4.69, 9.17) is 0 Å². The van der Waals surface area contributed by atoms with Crippen LogP contribution in [-0.2, 0) is 6.42 Å². The lowest BCUT2D eigenvalue weighted by Gasteiger charge is -2.28. The van der Waals surface area contributed by atoms with Crippen LogP contribution in [0.15, 0.2) is 30.3 Å². The summed E-state index contributed by atoms with van der Waals surface area (Å²) in [6, 6.07) is 11.6. The first-order chi connectivity index (χ1) is 8.90. The third kappa shape index (κ3) is 4.13. The van der Waals surface area contributed by atoms with E-state index in [9.17, 15) is 0 Å². The summed E-state index contributed by atoms with van der Waals surface area (Å²) in [5, 5.41) is 3.57. The molecule has 1 N–H and O–H groups in total. The SMILES string of the molecule is CNC(Cc1ccccc1)C1CCCCCCC1. The van der Waals surface area contributed by atoms with Crippen LogP contribution >= 0.6 is 0 Å². The fourth-order valence-corrected chi connectivity index (χ4v) is 3.26. The monoisotopic (exact) mass is 245 g/mol. The largest absolute Gasteiger partial charge is 0.316 e.